The number of amides is 2. The number of benzene rings is 1. The van der Waals surface area contributed by atoms with E-state index in [2.05, 4.69) is 20.8 Å². The lowest BCUT2D eigenvalue weighted by atomic mass is 10.0. The third-order valence-corrected chi connectivity index (χ3v) is 3.80. The molecule has 128 valence electrons. The molecule has 0 aliphatic heterocycles. The van der Waals surface area contributed by atoms with Gasteiger partial charge < -0.3 is 10.6 Å². The van der Waals surface area contributed by atoms with Gasteiger partial charge in [-0.15, -0.1) is 10.2 Å². The lowest BCUT2D eigenvalue weighted by Crippen LogP contribution is -2.32. The number of carbonyl (C=O) groups excluding carboxylic acids is 2. The summed E-state index contributed by atoms with van der Waals surface area (Å²) in [6, 6.07) is 14.7. The number of rotatable bonds is 6. The van der Waals surface area contributed by atoms with Gasteiger partial charge in [-0.3, -0.25) is 14.0 Å². The summed E-state index contributed by atoms with van der Waals surface area (Å²) in [5.74, 6) is 0.306. The predicted molar refractivity (Wildman–Crippen MR) is 92.5 cm³/mol. The molecular weight excluding hydrogens is 318 g/mol. The van der Waals surface area contributed by atoms with Crippen molar-refractivity contribution in [1.82, 2.24) is 25.2 Å². The van der Waals surface area contributed by atoms with Crippen molar-refractivity contribution in [3.63, 3.8) is 0 Å². The maximum Gasteiger partial charge on any atom is 0.222 e. The highest BCUT2D eigenvalue weighted by Gasteiger charge is 2.17. The summed E-state index contributed by atoms with van der Waals surface area (Å²) in [7, 11) is 0. The van der Waals surface area contributed by atoms with E-state index in [4.69, 9.17) is 0 Å². The van der Waals surface area contributed by atoms with E-state index in [1.807, 2.05) is 59.1 Å². The molecule has 1 aromatic carbocycles. The fourth-order valence-electron chi connectivity index (χ4n) is 2.63. The fourth-order valence-corrected chi connectivity index (χ4v) is 2.63. The molecule has 2 aromatic heterocycles. The first-order chi connectivity index (χ1) is 12.1. The van der Waals surface area contributed by atoms with Gasteiger partial charge in [0.25, 0.3) is 0 Å². The smallest absolute Gasteiger partial charge is 0.222 e. The molecule has 0 bridgehead atoms. The largest absolute Gasteiger partial charge is 0.349 e. The average molecular weight is 337 g/mol. The van der Waals surface area contributed by atoms with Gasteiger partial charge >= 0.3 is 0 Å². The molecule has 0 aliphatic rings. The summed E-state index contributed by atoms with van der Waals surface area (Å²) in [6.07, 6.45) is 2.00. The topological polar surface area (TPSA) is 88.4 Å². The molecule has 0 saturated heterocycles. The second-order valence-electron chi connectivity index (χ2n) is 5.69. The van der Waals surface area contributed by atoms with Crippen molar-refractivity contribution < 1.29 is 9.59 Å². The quantitative estimate of drug-likeness (QED) is 0.715. The summed E-state index contributed by atoms with van der Waals surface area (Å²) in [5, 5.41) is 13.8. The molecule has 0 fully saturated rings. The number of fused-ring (bicyclic) bond motifs is 1. The van der Waals surface area contributed by atoms with Crippen LogP contribution in [0.1, 0.15) is 30.8 Å². The van der Waals surface area contributed by atoms with E-state index >= 15 is 0 Å². The molecule has 2 amide bonds. The Bertz CT molecular complexity index is 875. The van der Waals surface area contributed by atoms with Crippen LogP contribution >= 0.6 is 0 Å². The van der Waals surface area contributed by atoms with E-state index < -0.39 is 0 Å². The van der Waals surface area contributed by atoms with Gasteiger partial charge in [-0.1, -0.05) is 36.4 Å². The zero-order valence-corrected chi connectivity index (χ0v) is 13.8. The Hall–Kier alpha value is -3.22. The number of nitrogens with one attached hydrogen (secondary N) is 2. The summed E-state index contributed by atoms with van der Waals surface area (Å²) in [6.45, 7) is 1.71. The lowest BCUT2D eigenvalue weighted by molar-refractivity contribution is -0.123. The number of pyridine rings is 1. The van der Waals surface area contributed by atoms with Crippen molar-refractivity contribution in [2.45, 2.75) is 25.9 Å². The zero-order valence-electron chi connectivity index (χ0n) is 13.8. The van der Waals surface area contributed by atoms with Crippen molar-refractivity contribution in [1.29, 1.82) is 0 Å². The monoisotopic (exact) mass is 337 g/mol. The number of nitrogens with zero attached hydrogens (tertiary/aromatic N) is 3. The number of carbonyl (C=O) groups is 2. The first kappa shape index (κ1) is 16.6. The van der Waals surface area contributed by atoms with Crippen LogP contribution < -0.4 is 10.6 Å². The van der Waals surface area contributed by atoms with Crippen LogP contribution in [0.3, 0.4) is 0 Å². The Morgan fingerprint density at radius 1 is 1.08 bits per heavy atom. The van der Waals surface area contributed by atoms with Crippen molar-refractivity contribution >= 4 is 17.5 Å². The van der Waals surface area contributed by atoms with Crippen molar-refractivity contribution in [2.75, 3.05) is 0 Å². The van der Waals surface area contributed by atoms with Crippen LogP contribution in [0.25, 0.3) is 5.65 Å². The Balaban J connectivity index is 1.64. The van der Waals surface area contributed by atoms with Crippen molar-refractivity contribution in [3.8, 4) is 0 Å². The molecule has 7 nitrogen and oxygen atoms in total. The molecule has 0 aliphatic carbocycles. The number of aromatic nitrogens is 3. The normalized spacial score (nSPS) is 11.9. The molecule has 2 N–H and O–H groups in total. The summed E-state index contributed by atoms with van der Waals surface area (Å²) >= 11 is 0. The Morgan fingerprint density at radius 2 is 1.84 bits per heavy atom. The van der Waals surface area contributed by atoms with Gasteiger partial charge in [-0.05, 0) is 17.7 Å². The Morgan fingerprint density at radius 3 is 2.60 bits per heavy atom. The molecule has 7 heteroatoms. The van der Waals surface area contributed by atoms with Crippen LogP contribution in [-0.4, -0.2) is 26.4 Å². The highest BCUT2D eigenvalue weighted by atomic mass is 16.2. The van der Waals surface area contributed by atoms with Crippen molar-refractivity contribution in [3.05, 3.63) is 66.1 Å². The van der Waals surface area contributed by atoms with E-state index in [1.165, 1.54) is 6.92 Å². The molecular formula is C18H19N5O2. The van der Waals surface area contributed by atoms with Gasteiger partial charge in [-0.25, -0.2) is 0 Å². The standard InChI is InChI=1S/C18H19N5O2/c1-13(24)20-15(14-7-3-2-4-8-14)11-18(25)19-12-17-22-21-16-9-5-6-10-23(16)17/h2-10,15H,11-12H2,1H3,(H,19,25)(H,20,24)/t15-/m1/s1. The van der Waals surface area contributed by atoms with Crippen LogP contribution in [0.5, 0.6) is 0 Å². The van der Waals surface area contributed by atoms with Crippen LogP contribution in [0.2, 0.25) is 0 Å². The second-order valence-corrected chi connectivity index (χ2v) is 5.69. The van der Waals surface area contributed by atoms with Gasteiger partial charge in [-0.2, -0.15) is 0 Å². The van der Waals surface area contributed by atoms with E-state index in [1.54, 1.807) is 0 Å². The molecule has 0 radical (unpaired) electrons. The Kier molecular flexibility index (Phi) is 5.03. The first-order valence-electron chi connectivity index (χ1n) is 8.01. The van der Waals surface area contributed by atoms with E-state index in [9.17, 15) is 9.59 Å². The number of hydrogen-bond acceptors (Lipinski definition) is 4. The molecule has 2 heterocycles. The van der Waals surface area contributed by atoms with Crippen LogP contribution in [0.15, 0.2) is 54.7 Å². The van der Waals surface area contributed by atoms with Gasteiger partial charge in [0.2, 0.25) is 11.8 Å². The molecule has 3 rings (SSSR count). The van der Waals surface area contributed by atoms with Crippen LogP contribution in [0, 0.1) is 0 Å². The predicted octanol–water partition coefficient (Wildman–Crippen LogP) is 1.61. The summed E-state index contributed by atoms with van der Waals surface area (Å²) < 4.78 is 1.82. The molecule has 25 heavy (non-hydrogen) atoms. The first-order valence-corrected chi connectivity index (χ1v) is 8.01. The molecule has 0 unspecified atom stereocenters. The van der Waals surface area contributed by atoms with Gasteiger partial charge in [0.1, 0.15) is 0 Å². The van der Waals surface area contributed by atoms with E-state index in [0.717, 1.165) is 11.2 Å². The molecule has 3 aromatic rings. The highest BCUT2D eigenvalue weighted by molar-refractivity contribution is 5.79. The maximum absolute atomic E-state index is 12.3. The fraction of sp³-hybridized carbons (Fsp3) is 0.222. The highest BCUT2D eigenvalue weighted by Crippen LogP contribution is 2.16. The SMILES string of the molecule is CC(=O)N[C@H](CC(=O)NCc1nnc2ccccn12)c1ccccc1. The second kappa shape index (κ2) is 7.57. The van der Waals surface area contributed by atoms with E-state index in [-0.39, 0.29) is 30.8 Å². The van der Waals surface area contributed by atoms with Gasteiger partial charge in [0.15, 0.2) is 11.5 Å². The maximum atomic E-state index is 12.3. The molecule has 0 spiro atoms. The van der Waals surface area contributed by atoms with Gasteiger partial charge in [0.05, 0.1) is 19.0 Å². The average Bonchev–Trinajstić information content (AvgIpc) is 3.03. The van der Waals surface area contributed by atoms with Crippen molar-refractivity contribution in [2.24, 2.45) is 0 Å². The van der Waals surface area contributed by atoms with Crippen LogP contribution in [-0.2, 0) is 16.1 Å². The third kappa shape index (κ3) is 4.20. The zero-order chi connectivity index (χ0) is 17.6. The Labute approximate surface area is 145 Å². The third-order valence-electron chi connectivity index (χ3n) is 3.80. The molecule has 1 atom stereocenters. The number of hydrogen-bond donors (Lipinski definition) is 2. The molecule has 0 saturated carbocycles. The minimum Gasteiger partial charge on any atom is -0.349 e. The van der Waals surface area contributed by atoms with Gasteiger partial charge in [0, 0.05) is 13.1 Å². The summed E-state index contributed by atoms with van der Waals surface area (Å²) in [5.41, 5.74) is 1.62. The summed E-state index contributed by atoms with van der Waals surface area (Å²) in [4.78, 5) is 23.8. The lowest BCUT2D eigenvalue weighted by Gasteiger charge is -2.18. The van der Waals surface area contributed by atoms with Crippen LogP contribution in [0.4, 0.5) is 0 Å². The minimum atomic E-state index is -0.367. The van der Waals surface area contributed by atoms with E-state index in [0.29, 0.717) is 5.82 Å². The minimum absolute atomic E-state index is 0.153.